The maximum atomic E-state index is 6.05. The molecular formula is C10H11Cl2NO. The minimum atomic E-state index is 0.187. The second kappa shape index (κ2) is 4.49. The Morgan fingerprint density at radius 2 is 2.07 bits per heavy atom. The summed E-state index contributed by atoms with van der Waals surface area (Å²) in [5.74, 6) is 0. The van der Waals surface area contributed by atoms with E-state index < -0.39 is 0 Å². The maximum Gasteiger partial charge on any atom is 0.0970 e. The minimum Gasteiger partial charge on any atom is -0.361 e. The zero-order chi connectivity index (χ0) is 9.97. The predicted octanol–water partition coefficient (Wildman–Crippen LogP) is 2.48. The molecule has 0 aromatic heterocycles. The molecule has 2 rings (SSSR count). The molecule has 1 N–H and O–H groups in total. The molecule has 1 fully saturated rings. The van der Waals surface area contributed by atoms with Crippen molar-refractivity contribution < 1.29 is 4.74 Å². The van der Waals surface area contributed by atoms with Crippen LogP contribution in [0.4, 0.5) is 0 Å². The lowest BCUT2D eigenvalue weighted by Crippen LogP contribution is -2.16. The first-order valence-electron chi connectivity index (χ1n) is 4.52. The highest BCUT2D eigenvalue weighted by atomic mass is 35.5. The molecule has 0 radical (unpaired) electrons. The third kappa shape index (κ3) is 2.20. The van der Waals surface area contributed by atoms with Crippen LogP contribution in [0.2, 0.25) is 10.0 Å². The van der Waals surface area contributed by atoms with Gasteiger partial charge < -0.3 is 4.74 Å². The summed E-state index contributed by atoms with van der Waals surface area (Å²) in [6.07, 6.45) is 0.957. The van der Waals surface area contributed by atoms with Gasteiger partial charge in [-0.3, -0.25) is 5.32 Å². The second-order valence-corrected chi connectivity index (χ2v) is 4.11. The lowest BCUT2D eigenvalue weighted by molar-refractivity contribution is 0.114. The van der Waals surface area contributed by atoms with Crippen molar-refractivity contribution in [3.05, 3.63) is 33.8 Å². The number of nitrogens with one attached hydrogen (secondary N) is 1. The van der Waals surface area contributed by atoms with E-state index in [1.54, 1.807) is 0 Å². The Bertz CT molecular complexity index is 304. The summed E-state index contributed by atoms with van der Waals surface area (Å²) < 4.78 is 5.44. The van der Waals surface area contributed by atoms with Gasteiger partial charge in [-0.25, -0.2) is 0 Å². The normalized spacial score (nSPS) is 21.4. The van der Waals surface area contributed by atoms with Crippen molar-refractivity contribution in [2.45, 2.75) is 12.5 Å². The molecule has 1 aromatic carbocycles. The average Bonchev–Trinajstić information content (AvgIpc) is 2.64. The molecule has 0 aliphatic carbocycles. The van der Waals surface area contributed by atoms with Gasteiger partial charge in [0.1, 0.15) is 0 Å². The molecule has 0 spiro atoms. The lowest BCUT2D eigenvalue weighted by Gasteiger charge is -2.11. The summed E-state index contributed by atoms with van der Waals surface area (Å²) in [4.78, 5) is 0. The summed E-state index contributed by atoms with van der Waals surface area (Å²) in [5.41, 5.74) is 0.976. The van der Waals surface area contributed by atoms with E-state index in [4.69, 9.17) is 27.9 Å². The summed E-state index contributed by atoms with van der Waals surface area (Å²) in [7, 11) is 0. The Kier molecular flexibility index (Phi) is 3.29. The summed E-state index contributed by atoms with van der Waals surface area (Å²) in [6.45, 7) is 1.48. The maximum absolute atomic E-state index is 6.05. The molecule has 14 heavy (non-hydrogen) atoms. The van der Waals surface area contributed by atoms with E-state index in [9.17, 15) is 0 Å². The Hall–Kier alpha value is -0.280. The van der Waals surface area contributed by atoms with E-state index in [0.717, 1.165) is 18.5 Å². The predicted molar refractivity (Wildman–Crippen MR) is 57.9 cm³/mol. The molecule has 1 aliphatic rings. The molecule has 1 heterocycles. The Balaban J connectivity index is 2.14. The number of benzene rings is 1. The minimum absolute atomic E-state index is 0.187. The van der Waals surface area contributed by atoms with Gasteiger partial charge >= 0.3 is 0 Å². The van der Waals surface area contributed by atoms with Crippen molar-refractivity contribution in [2.75, 3.05) is 13.3 Å². The van der Waals surface area contributed by atoms with Crippen molar-refractivity contribution in [3.63, 3.8) is 0 Å². The van der Waals surface area contributed by atoms with Crippen molar-refractivity contribution in [1.29, 1.82) is 0 Å². The van der Waals surface area contributed by atoms with Gasteiger partial charge in [0, 0.05) is 23.0 Å². The molecule has 2 nitrogen and oxygen atoms in total. The first kappa shape index (κ1) is 10.2. The van der Waals surface area contributed by atoms with Gasteiger partial charge in [0.05, 0.1) is 12.8 Å². The van der Waals surface area contributed by atoms with Crippen LogP contribution in [0, 0.1) is 0 Å². The Labute approximate surface area is 93.2 Å². The number of rotatable bonds is 2. The van der Waals surface area contributed by atoms with Crippen LogP contribution < -0.4 is 5.32 Å². The molecule has 0 amide bonds. The van der Waals surface area contributed by atoms with Crippen LogP contribution in [0.5, 0.6) is 0 Å². The first-order chi connectivity index (χ1) is 6.77. The number of halogens is 2. The van der Waals surface area contributed by atoms with Crippen LogP contribution in [-0.4, -0.2) is 19.4 Å². The molecule has 4 heteroatoms. The molecular weight excluding hydrogens is 221 g/mol. The van der Waals surface area contributed by atoms with E-state index >= 15 is 0 Å². The van der Waals surface area contributed by atoms with Crippen LogP contribution in [0.1, 0.15) is 5.56 Å². The van der Waals surface area contributed by atoms with Crippen molar-refractivity contribution >= 4 is 23.2 Å². The van der Waals surface area contributed by atoms with E-state index in [2.05, 4.69) is 5.32 Å². The van der Waals surface area contributed by atoms with Gasteiger partial charge in [0.25, 0.3) is 0 Å². The van der Waals surface area contributed by atoms with Crippen molar-refractivity contribution in [1.82, 2.24) is 5.32 Å². The molecule has 0 saturated carbocycles. The van der Waals surface area contributed by atoms with Crippen LogP contribution in [0.25, 0.3) is 0 Å². The van der Waals surface area contributed by atoms with Crippen molar-refractivity contribution in [2.24, 2.45) is 0 Å². The zero-order valence-corrected chi connectivity index (χ0v) is 9.11. The van der Waals surface area contributed by atoms with E-state index in [1.165, 1.54) is 0 Å². The van der Waals surface area contributed by atoms with E-state index in [-0.39, 0.29) is 6.10 Å². The van der Waals surface area contributed by atoms with Gasteiger partial charge in [-0.05, 0) is 17.7 Å². The third-order valence-corrected chi connectivity index (χ3v) is 2.99. The SMILES string of the molecule is Clc1cccc(Cl)c1CC1CNCO1. The van der Waals surface area contributed by atoms with Gasteiger partial charge in [-0.1, -0.05) is 29.3 Å². The fourth-order valence-corrected chi connectivity index (χ4v) is 2.09. The van der Waals surface area contributed by atoms with Crippen LogP contribution in [0.15, 0.2) is 18.2 Å². The summed E-state index contributed by atoms with van der Waals surface area (Å²) in [6, 6.07) is 5.55. The highest BCUT2D eigenvalue weighted by molar-refractivity contribution is 6.35. The quantitative estimate of drug-likeness (QED) is 0.845. The monoisotopic (exact) mass is 231 g/mol. The van der Waals surface area contributed by atoms with Gasteiger partial charge in [-0.2, -0.15) is 0 Å². The van der Waals surface area contributed by atoms with Crippen LogP contribution in [-0.2, 0) is 11.2 Å². The van der Waals surface area contributed by atoms with E-state index in [0.29, 0.717) is 16.8 Å². The molecule has 1 aliphatic heterocycles. The first-order valence-corrected chi connectivity index (χ1v) is 5.28. The van der Waals surface area contributed by atoms with E-state index in [1.807, 2.05) is 18.2 Å². The topological polar surface area (TPSA) is 21.3 Å². The largest absolute Gasteiger partial charge is 0.361 e. The number of ether oxygens (including phenoxy) is 1. The highest BCUT2D eigenvalue weighted by Crippen LogP contribution is 2.26. The highest BCUT2D eigenvalue weighted by Gasteiger charge is 2.18. The Morgan fingerprint density at radius 1 is 1.36 bits per heavy atom. The van der Waals surface area contributed by atoms with Crippen molar-refractivity contribution in [3.8, 4) is 0 Å². The molecule has 1 unspecified atom stereocenters. The van der Waals surface area contributed by atoms with Gasteiger partial charge in [0.15, 0.2) is 0 Å². The summed E-state index contributed by atoms with van der Waals surface area (Å²) in [5, 5.41) is 4.55. The molecule has 76 valence electrons. The molecule has 1 atom stereocenters. The Morgan fingerprint density at radius 3 is 2.64 bits per heavy atom. The third-order valence-electron chi connectivity index (χ3n) is 2.29. The average molecular weight is 232 g/mol. The fraction of sp³-hybridized carbons (Fsp3) is 0.400. The lowest BCUT2D eigenvalue weighted by atomic mass is 10.1. The molecule has 1 aromatic rings. The van der Waals surface area contributed by atoms with Gasteiger partial charge in [0.2, 0.25) is 0 Å². The smallest absolute Gasteiger partial charge is 0.0970 e. The zero-order valence-electron chi connectivity index (χ0n) is 7.59. The number of hydrogen-bond acceptors (Lipinski definition) is 2. The second-order valence-electron chi connectivity index (χ2n) is 3.29. The standard InChI is InChI=1S/C10H11Cl2NO/c11-9-2-1-3-10(12)8(9)4-7-5-13-6-14-7/h1-3,7,13H,4-6H2. The van der Waals surface area contributed by atoms with Crippen LogP contribution >= 0.6 is 23.2 Å². The number of hydrogen-bond donors (Lipinski definition) is 1. The fourth-order valence-electron chi connectivity index (χ4n) is 1.54. The molecule has 1 saturated heterocycles. The summed E-state index contributed by atoms with van der Waals surface area (Å²) >= 11 is 12.1. The van der Waals surface area contributed by atoms with Gasteiger partial charge in [-0.15, -0.1) is 0 Å². The molecule has 0 bridgehead atoms. The van der Waals surface area contributed by atoms with Crippen LogP contribution in [0.3, 0.4) is 0 Å².